The quantitative estimate of drug-likeness (QED) is 0.604. The molecule has 1 heterocycles. The lowest BCUT2D eigenvalue weighted by atomic mass is 10.2. The average Bonchev–Trinajstić information content (AvgIpc) is 2.96. The minimum Gasteiger partial charge on any atom is -0.394 e. The number of carbonyl (C=O) groups is 1. The van der Waals surface area contributed by atoms with Crippen LogP contribution in [0.2, 0.25) is 0 Å². The van der Waals surface area contributed by atoms with E-state index in [2.05, 4.69) is 14.9 Å². The van der Waals surface area contributed by atoms with Gasteiger partial charge in [-0.1, -0.05) is 18.2 Å². The van der Waals surface area contributed by atoms with Crippen molar-refractivity contribution in [1.29, 1.82) is 0 Å². The van der Waals surface area contributed by atoms with E-state index >= 15 is 0 Å². The van der Waals surface area contributed by atoms with Gasteiger partial charge in [-0.05, 0) is 36.4 Å². The molecule has 0 saturated carbocycles. The highest BCUT2D eigenvalue weighted by atomic mass is 31.1. The van der Waals surface area contributed by atoms with Gasteiger partial charge in [-0.2, -0.15) is 0 Å². The molecule has 0 aliphatic carbocycles. The average molecular weight is 357 g/mol. The fraction of sp³-hybridized carbons (Fsp3) is 0. The van der Waals surface area contributed by atoms with Crippen molar-refractivity contribution in [2.45, 2.75) is 0 Å². The highest BCUT2D eigenvalue weighted by Gasteiger charge is 2.16. The summed E-state index contributed by atoms with van der Waals surface area (Å²) in [6.45, 7) is 0. The molecule has 1 unspecified atom stereocenters. The Bertz CT molecular complexity index is 910. The third-order valence-corrected chi connectivity index (χ3v) is 3.66. The van der Waals surface area contributed by atoms with E-state index in [1.807, 2.05) is 30.3 Å². The first-order chi connectivity index (χ1) is 12.0. The SMILES string of the molecule is Nc1cn(-c2ccccc2)nc1NC(=O)c1ccc(O[P+](=O)O)cc1. The maximum Gasteiger partial charge on any atom is 0.747 e. The zero-order valence-electron chi connectivity index (χ0n) is 12.9. The van der Waals surface area contributed by atoms with E-state index in [-0.39, 0.29) is 11.6 Å². The zero-order valence-corrected chi connectivity index (χ0v) is 13.8. The molecular formula is C16H14N4O4P+. The van der Waals surface area contributed by atoms with Gasteiger partial charge >= 0.3 is 8.25 Å². The van der Waals surface area contributed by atoms with Crippen molar-refractivity contribution in [3.05, 3.63) is 66.4 Å². The van der Waals surface area contributed by atoms with Gasteiger partial charge in [0, 0.05) is 10.1 Å². The Labute approximate surface area is 143 Å². The molecule has 126 valence electrons. The molecule has 0 aliphatic heterocycles. The summed E-state index contributed by atoms with van der Waals surface area (Å²) in [6, 6.07) is 15.1. The second-order valence-electron chi connectivity index (χ2n) is 5.02. The summed E-state index contributed by atoms with van der Waals surface area (Å²) in [5.41, 5.74) is 7.38. The van der Waals surface area contributed by atoms with Crippen molar-refractivity contribution in [3.8, 4) is 11.4 Å². The minimum atomic E-state index is -2.75. The van der Waals surface area contributed by atoms with Gasteiger partial charge in [0.25, 0.3) is 5.91 Å². The largest absolute Gasteiger partial charge is 0.747 e. The van der Waals surface area contributed by atoms with Crippen molar-refractivity contribution in [3.63, 3.8) is 0 Å². The van der Waals surface area contributed by atoms with Crippen LogP contribution in [0.1, 0.15) is 10.4 Å². The van der Waals surface area contributed by atoms with Crippen molar-refractivity contribution in [1.82, 2.24) is 9.78 Å². The summed E-state index contributed by atoms with van der Waals surface area (Å²) >= 11 is 0. The molecular weight excluding hydrogens is 343 g/mol. The second kappa shape index (κ2) is 7.12. The van der Waals surface area contributed by atoms with Crippen LogP contribution >= 0.6 is 8.25 Å². The Morgan fingerprint density at radius 3 is 2.48 bits per heavy atom. The maximum atomic E-state index is 12.3. The highest BCUT2D eigenvalue weighted by Crippen LogP contribution is 2.24. The van der Waals surface area contributed by atoms with Crippen LogP contribution in [0.25, 0.3) is 5.69 Å². The van der Waals surface area contributed by atoms with Gasteiger partial charge in [0.2, 0.25) is 0 Å². The van der Waals surface area contributed by atoms with Crippen LogP contribution < -0.4 is 15.6 Å². The van der Waals surface area contributed by atoms with E-state index in [4.69, 9.17) is 10.6 Å². The van der Waals surface area contributed by atoms with Crippen molar-refractivity contribution in [2.24, 2.45) is 0 Å². The van der Waals surface area contributed by atoms with E-state index in [0.29, 0.717) is 11.3 Å². The molecule has 1 amide bonds. The Morgan fingerprint density at radius 1 is 1.16 bits per heavy atom. The van der Waals surface area contributed by atoms with Crippen LogP contribution in [0.5, 0.6) is 5.75 Å². The fourth-order valence-corrected chi connectivity index (χ4v) is 2.44. The summed E-state index contributed by atoms with van der Waals surface area (Å²) in [7, 11) is -2.75. The Hall–Kier alpha value is -3.22. The van der Waals surface area contributed by atoms with Gasteiger partial charge in [-0.15, -0.1) is 9.99 Å². The Kier molecular flexibility index (Phi) is 4.74. The number of nitrogens with two attached hydrogens (primary N) is 1. The molecule has 0 saturated heterocycles. The number of nitrogen functional groups attached to an aromatic ring is 1. The molecule has 0 fully saturated rings. The van der Waals surface area contributed by atoms with Gasteiger partial charge in [-0.25, -0.2) is 9.21 Å². The molecule has 1 atom stereocenters. The first-order valence-electron chi connectivity index (χ1n) is 7.19. The summed E-state index contributed by atoms with van der Waals surface area (Å²) in [5.74, 6) is 0.0191. The van der Waals surface area contributed by atoms with Crippen LogP contribution in [0.4, 0.5) is 11.5 Å². The highest BCUT2D eigenvalue weighted by molar-refractivity contribution is 7.32. The van der Waals surface area contributed by atoms with Gasteiger partial charge in [0.05, 0.1) is 17.6 Å². The number of carbonyl (C=O) groups excluding carboxylic acids is 1. The standard InChI is InChI=1S/C16H13N4O4P/c17-14-10-20(12-4-2-1-3-5-12)19-15(14)18-16(21)11-6-8-13(9-7-11)24-25(22)23/h1-10H,17H2,(H-,18,19,21,22,23)/p+1. The molecule has 8 nitrogen and oxygen atoms in total. The Morgan fingerprint density at radius 2 is 1.84 bits per heavy atom. The molecule has 9 heteroatoms. The lowest BCUT2D eigenvalue weighted by Crippen LogP contribution is -2.13. The topological polar surface area (TPSA) is 119 Å². The van der Waals surface area contributed by atoms with Crippen LogP contribution in [0.15, 0.2) is 60.8 Å². The predicted molar refractivity (Wildman–Crippen MR) is 92.8 cm³/mol. The van der Waals surface area contributed by atoms with E-state index in [0.717, 1.165) is 5.69 Å². The van der Waals surface area contributed by atoms with Gasteiger partial charge in [-0.3, -0.25) is 4.79 Å². The smallest absolute Gasteiger partial charge is 0.394 e. The second-order valence-corrected chi connectivity index (χ2v) is 5.68. The van der Waals surface area contributed by atoms with Crippen molar-refractivity contribution in [2.75, 3.05) is 11.1 Å². The third kappa shape index (κ3) is 4.00. The predicted octanol–water partition coefficient (Wildman–Crippen LogP) is 2.74. The third-order valence-electron chi connectivity index (χ3n) is 3.30. The van der Waals surface area contributed by atoms with E-state index in [9.17, 15) is 9.36 Å². The number of para-hydroxylation sites is 1. The monoisotopic (exact) mass is 357 g/mol. The van der Waals surface area contributed by atoms with Crippen LogP contribution in [0, 0.1) is 0 Å². The molecule has 3 aromatic rings. The van der Waals surface area contributed by atoms with Crippen LogP contribution in [-0.4, -0.2) is 20.6 Å². The maximum absolute atomic E-state index is 12.3. The number of nitrogens with zero attached hydrogens (tertiary/aromatic N) is 2. The molecule has 0 spiro atoms. The molecule has 0 radical (unpaired) electrons. The number of aromatic nitrogens is 2. The normalized spacial score (nSPS) is 11.0. The van der Waals surface area contributed by atoms with E-state index in [1.54, 1.807) is 10.9 Å². The summed E-state index contributed by atoms with van der Waals surface area (Å²) in [5, 5.41) is 6.90. The van der Waals surface area contributed by atoms with Crippen molar-refractivity contribution >= 4 is 25.7 Å². The molecule has 0 bridgehead atoms. The van der Waals surface area contributed by atoms with E-state index in [1.165, 1.54) is 24.3 Å². The van der Waals surface area contributed by atoms with Crippen LogP contribution in [-0.2, 0) is 4.57 Å². The van der Waals surface area contributed by atoms with Gasteiger partial charge in [0.15, 0.2) is 11.6 Å². The molecule has 4 N–H and O–H groups in total. The fourth-order valence-electron chi connectivity index (χ4n) is 2.13. The number of rotatable bonds is 5. The Balaban J connectivity index is 1.75. The van der Waals surface area contributed by atoms with Gasteiger partial charge < -0.3 is 11.1 Å². The lowest BCUT2D eigenvalue weighted by molar-refractivity contribution is 0.102. The first kappa shape index (κ1) is 16.6. The van der Waals surface area contributed by atoms with Crippen LogP contribution in [0.3, 0.4) is 0 Å². The first-order valence-corrected chi connectivity index (χ1v) is 8.32. The molecule has 2 aromatic carbocycles. The lowest BCUT2D eigenvalue weighted by Gasteiger charge is -2.03. The number of anilines is 2. The molecule has 1 aromatic heterocycles. The number of benzene rings is 2. The van der Waals surface area contributed by atoms with Crippen molar-refractivity contribution < 1.29 is 18.8 Å². The van der Waals surface area contributed by atoms with Gasteiger partial charge in [0.1, 0.15) is 0 Å². The van der Waals surface area contributed by atoms with E-state index < -0.39 is 14.2 Å². The number of hydrogen-bond donors (Lipinski definition) is 3. The molecule has 3 rings (SSSR count). The number of hydrogen-bond acceptors (Lipinski definition) is 5. The molecule has 25 heavy (non-hydrogen) atoms. The number of amides is 1. The zero-order chi connectivity index (χ0) is 17.8. The molecule has 0 aliphatic rings. The summed E-state index contributed by atoms with van der Waals surface area (Å²) < 4.78 is 16.8. The summed E-state index contributed by atoms with van der Waals surface area (Å²) in [6.07, 6.45) is 1.61. The number of nitrogens with one attached hydrogen (secondary N) is 1. The minimum absolute atomic E-state index is 0.188. The summed E-state index contributed by atoms with van der Waals surface area (Å²) in [4.78, 5) is 21.0.